The predicted octanol–water partition coefficient (Wildman–Crippen LogP) is 1.21. The molecule has 148 valence electrons. The van der Waals surface area contributed by atoms with Crippen LogP contribution in [0.25, 0.3) is 0 Å². The van der Waals surface area contributed by atoms with E-state index in [0.29, 0.717) is 5.56 Å². The first-order valence-electron chi connectivity index (χ1n) is 9.76. The molecule has 8 heteroatoms. The number of sulfonamides is 1. The third kappa shape index (κ3) is 4.12. The lowest BCUT2D eigenvalue weighted by Crippen LogP contribution is -2.60. The normalized spacial score (nSPS) is 22.1. The highest BCUT2D eigenvalue weighted by Crippen LogP contribution is 2.24. The topological polar surface area (TPSA) is 79.0 Å². The summed E-state index contributed by atoms with van der Waals surface area (Å²) in [4.78, 5) is 16.5. The highest BCUT2D eigenvalue weighted by molar-refractivity contribution is 7.90. The van der Waals surface area contributed by atoms with Crippen molar-refractivity contribution < 1.29 is 17.9 Å². The average Bonchev–Trinajstić information content (AvgIpc) is 3.13. The van der Waals surface area contributed by atoms with Crippen molar-refractivity contribution in [2.24, 2.45) is 0 Å². The van der Waals surface area contributed by atoms with E-state index < -0.39 is 15.3 Å². The summed E-state index contributed by atoms with van der Waals surface area (Å²) in [5.41, 5.74) is 1.69. The molecule has 1 N–H and O–H groups in total. The smallest absolute Gasteiger partial charge is 0.253 e. The number of carbonyl (C=O) groups is 1. The van der Waals surface area contributed by atoms with Gasteiger partial charge in [-0.25, -0.2) is 13.1 Å². The zero-order chi connectivity index (χ0) is 18.9. The summed E-state index contributed by atoms with van der Waals surface area (Å²) in [5.74, 6) is -0.101. The molecule has 1 aromatic rings. The minimum atomic E-state index is -3.34. The SMILES string of the molecule is O=C(c1ccc(N2CCOCC2)cc1)N1CC(S(=O)(=O)NC2CCCC2)C1. The number of ether oxygens (including phenoxy) is 1. The van der Waals surface area contributed by atoms with Crippen molar-refractivity contribution in [3.05, 3.63) is 29.8 Å². The lowest BCUT2D eigenvalue weighted by Gasteiger charge is -2.39. The predicted molar refractivity (Wildman–Crippen MR) is 103 cm³/mol. The maximum absolute atomic E-state index is 12.6. The van der Waals surface area contributed by atoms with Crippen molar-refractivity contribution in [2.75, 3.05) is 44.3 Å². The first kappa shape index (κ1) is 18.7. The second-order valence-electron chi connectivity index (χ2n) is 7.62. The Morgan fingerprint density at radius 1 is 1.04 bits per heavy atom. The maximum atomic E-state index is 12.6. The highest BCUT2D eigenvalue weighted by Gasteiger charge is 2.41. The van der Waals surface area contributed by atoms with Crippen molar-refractivity contribution in [1.29, 1.82) is 0 Å². The van der Waals surface area contributed by atoms with Crippen molar-refractivity contribution in [2.45, 2.75) is 37.0 Å². The number of hydrogen-bond donors (Lipinski definition) is 1. The molecule has 2 saturated heterocycles. The molecule has 0 unspecified atom stereocenters. The molecular formula is C19H27N3O4S. The van der Waals surface area contributed by atoms with E-state index in [4.69, 9.17) is 4.74 Å². The third-order valence-electron chi connectivity index (χ3n) is 5.75. The number of nitrogens with one attached hydrogen (secondary N) is 1. The van der Waals surface area contributed by atoms with Crippen LogP contribution in [-0.4, -0.2) is 69.9 Å². The largest absolute Gasteiger partial charge is 0.378 e. The number of rotatable bonds is 5. The molecule has 0 radical (unpaired) electrons. The molecule has 0 spiro atoms. The first-order valence-corrected chi connectivity index (χ1v) is 11.3. The lowest BCUT2D eigenvalue weighted by atomic mass is 10.1. The van der Waals surface area contributed by atoms with Crippen LogP contribution >= 0.6 is 0 Å². The average molecular weight is 394 g/mol. The molecule has 3 aliphatic rings. The van der Waals surface area contributed by atoms with Crippen LogP contribution in [0, 0.1) is 0 Å². The first-order chi connectivity index (χ1) is 13.0. The van der Waals surface area contributed by atoms with Gasteiger partial charge in [0.2, 0.25) is 10.0 Å². The molecule has 2 aliphatic heterocycles. The molecule has 0 bridgehead atoms. The number of nitrogens with zero attached hydrogens (tertiary/aromatic N) is 2. The number of carbonyl (C=O) groups excluding carboxylic acids is 1. The second-order valence-corrected chi connectivity index (χ2v) is 9.62. The number of morpholine rings is 1. The number of benzene rings is 1. The van der Waals surface area contributed by atoms with Gasteiger partial charge in [0.15, 0.2) is 0 Å². The Kier molecular flexibility index (Phi) is 5.39. The zero-order valence-corrected chi connectivity index (χ0v) is 16.3. The monoisotopic (exact) mass is 393 g/mol. The van der Waals surface area contributed by atoms with Crippen LogP contribution in [0.2, 0.25) is 0 Å². The molecule has 27 heavy (non-hydrogen) atoms. The molecule has 0 atom stereocenters. The lowest BCUT2D eigenvalue weighted by molar-refractivity contribution is 0.0658. The minimum absolute atomic E-state index is 0.0764. The van der Waals surface area contributed by atoms with Gasteiger partial charge in [-0.05, 0) is 37.1 Å². The highest BCUT2D eigenvalue weighted by atomic mass is 32.2. The Morgan fingerprint density at radius 3 is 2.30 bits per heavy atom. The molecule has 0 aromatic heterocycles. The van der Waals surface area contributed by atoms with E-state index >= 15 is 0 Å². The molecular weight excluding hydrogens is 366 g/mol. The number of likely N-dealkylation sites (tertiary alicyclic amines) is 1. The number of hydrogen-bond acceptors (Lipinski definition) is 5. The van der Waals surface area contributed by atoms with E-state index in [0.717, 1.165) is 57.7 Å². The van der Waals surface area contributed by atoms with E-state index in [1.54, 1.807) is 4.90 Å². The van der Waals surface area contributed by atoms with E-state index in [1.165, 1.54) is 0 Å². The standard InChI is InChI=1S/C19H27N3O4S/c23-19(15-5-7-17(8-6-15)21-9-11-26-12-10-21)22-13-18(14-22)27(24,25)20-16-3-1-2-4-16/h5-8,16,18,20H,1-4,9-14H2. The van der Waals surface area contributed by atoms with E-state index in [-0.39, 0.29) is 25.0 Å². The molecule has 4 rings (SSSR count). The van der Waals surface area contributed by atoms with Gasteiger partial charge >= 0.3 is 0 Å². The van der Waals surface area contributed by atoms with Crippen LogP contribution in [0.3, 0.4) is 0 Å². The van der Waals surface area contributed by atoms with Gasteiger partial charge < -0.3 is 14.5 Å². The Labute approximate surface area is 160 Å². The minimum Gasteiger partial charge on any atom is -0.378 e. The molecule has 2 heterocycles. The van der Waals surface area contributed by atoms with E-state index in [1.807, 2.05) is 24.3 Å². The summed E-state index contributed by atoms with van der Waals surface area (Å²) in [6.45, 7) is 3.69. The van der Waals surface area contributed by atoms with Crippen molar-refractivity contribution in [1.82, 2.24) is 9.62 Å². The van der Waals surface area contributed by atoms with Crippen LogP contribution in [0.1, 0.15) is 36.0 Å². The summed E-state index contributed by atoms with van der Waals surface area (Å²) < 4.78 is 33.0. The Hall–Kier alpha value is -1.64. The summed E-state index contributed by atoms with van der Waals surface area (Å²) in [7, 11) is -3.34. The van der Waals surface area contributed by atoms with E-state index in [2.05, 4.69) is 9.62 Å². The molecule has 1 aliphatic carbocycles. The third-order valence-corrected chi connectivity index (χ3v) is 7.59. The number of anilines is 1. The summed E-state index contributed by atoms with van der Waals surface area (Å²) in [6, 6.07) is 7.63. The molecule has 3 fully saturated rings. The molecule has 7 nitrogen and oxygen atoms in total. The molecule has 1 saturated carbocycles. The van der Waals surface area contributed by atoms with Gasteiger partial charge in [-0.1, -0.05) is 12.8 Å². The maximum Gasteiger partial charge on any atom is 0.253 e. The Morgan fingerprint density at radius 2 is 1.67 bits per heavy atom. The number of amides is 1. The Bertz CT molecular complexity index is 763. The fourth-order valence-corrected chi connectivity index (χ4v) is 5.64. The van der Waals surface area contributed by atoms with Gasteiger partial charge in [0.05, 0.1) is 13.2 Å². The van der Waals surface area contributed by atoms with Crippen LogP contribution in [0.5, 0.6) is 0 Å². The van der Waals surface area contributed by atoms with Crippen LogP contribution in [0.15, 0.2) is 24.3 Å². The van der Waals surface area contributed by atoms with Crippen LogP contribution < -0.4 is 9.62 Å². The summed E-state index contributed by atoms with van der Waals surface area (Å²) >= 11 is 0. The van der Waals surface area contributed by atoms with Gasteiger partial charge in [-0.3, -0.25) is 4.79 Å². The molecule has 1 amide bonds. The van der Waals surface area contributed by atoms with Gasteiger partial charge in [0, 0.05) is 43.5 Å². The molecule has 1 aromatic carbocycles. The van der Waals surface area contributed by atoms with Gasteiger partial charge in [0.1, 0.15) is 5.25 Å². The van der Waals surface area contributed by atoms with Crippen molar-refractivity contribution in [3.63, 3.8) is 0 Å². The van der Waals surface area contributed by atoms with Gasteiger partial charge in [-0.2, -0.15) is 0 Å². The van der Waals surface area contributed by atoms with Gasteiger partial charge in [0.25, 0.3) is 5.91 Å². The summed E-state index contributed by atoms with van der Waals surface area (Å²) in [6.07, 6.45) is 4.01. The van der Waals surface area contributed by atoms with Crippen LogP contribution in [-0.2, 0) is 14.8 Å². The van der Waals surface area contributed by atoms with Crippen molar-refractivity contribution >= 4 is 21.6 Å². The van der Waals surface area contributed by atoms with Gasteiger partial charge in [-0.15, -0.1) is 0 Å². The second kappa shape index (κ2) is 7.77. The van der Waals surface area contributed by atoms with Crippen LogP contribution in [0.4, 0.5) is 5.69 Å². The van der Waals surface area contributed by atoms with E-state index in [9.17, 15) is 13.2 Å². The summed E-state index contributed by atoms with van der Waals surface area (Å²) in [5, 5.41) is -0.491. The Balaban J connectivity index is 1.31. The fraction of sp³-hybridized carbons (Fsp3) is 0.632. The van der Waals surface area contributed by atoms with Crippen molar-refractivity contribution in [3.8, 4) is 0 Å². The fourth-order valence-electron chi connectivity index (χ4n) is 3.99. The zero-order valence-electron chi connectivity index (χ0n) is 15.5. The quantitative estimate of drug-likeness (QED) is 0.814.